The Balaban J connectivity index is 1.96. The molecule has 2 heterocycles. The molecule has 0 amide bonds. The number of aromatic nitrogens is 4. The molecule has 1 saturated heterocycles. The lowest BCUT2D eigenvalue weighted by molar-refractivity contribution is 0.381. The van der Waals surface area contributed by atoms with Gasteiger partial charge in [0.05, 0.1) is 7.05 Å². The van der Waals surface area contributed by atoms with Gasteiger partial charge in [0.2, 0.25) is 0 Å². The summed E-state index contributed by atoms with van der Waals surface area (Å²) in [6, 6.07) is 0.504. The molecule has 1 N–H and O–H groups in total. The van der Waals surface area contributed by atoms with E-state index >= 15 is 0 Å². The van der Waals surface area contributed by atoms with Crippen LogP contribution in [-0.4, -0.2) is 44.3 Å². The van der Waals surface area contributed by atoms with E-state index in [2.05, 4.69) is 39.4 Å². The van der Waals surface area contributed by atoms with Gasteiger partial charge in [-0.25, -0.2) is 0 Å². The molecule has 1 fully saturated rings. The minimum absolute atomic E-state index is 0.504. The highest BCUT2D eigenvalue weighted by Gasteiger charge is 2.26. The molecule has 1 aliphatic heterocycles. The molecule has 90 valence electrons. The maximum atomic E-state index is 4.25. The monoisotopic (exact) mass is 241 g/mol. The summed E-state index contributed by atoms with van der Waals surface area (Å²) in [5.74, 6) is 4.16. The van der Waals surface area contributed by atoms with E-state index in [4.69, 9.17) is 0 Å². The Hall–Kier alpha value is -0.620. The minimum atomic E-state index is 0.504. The van der Waals surface area contributed by atoms with Crippen molar-refractivity contribution in [3.05, 3.63) is 5.82 Å². The molecular formula is C10H19N5S. The highest BCUT2D eigenvalue weighted by atomic mass is 32.2. The molecule has 2 rings (SSSR count). The molecule has 0 aliphatic carbocycles. The number of nitrogens with zero attached hydrogens (tertiary/aromatic N) is 4. The number of hydrogen-bond acceptors (Lipinski definition) is 5. The number of tetrazole rings is 1. The van der Waals surface area contributed by atoms with Crippen molar-refractivity contribution in [2.24, 2.45) is 13.0 Å². The third-order valence-electron chi connectivity index (χ3n) is 2.95. The Morgan fingerprint density at radius 2 is 2.50 bits per heavy atom. The summed E-state index contributed by atoms with van der Waals surface area (Å²) in [6.45, 7) is 3.16. The van der Waals surface area contributed by atoms with E-state index in [-0.39, 0.29) is 0 Å². The van der Waals surface area contributed by atoms with Crippen molar-refractivity contribution in [1.29, 1.82) is 0 Å². The second-order valence-electron chi connectivity index (χ2n) is 4.19. The molecule has 1 aromatic heterocycles. The molecule has 0 aromatic carbocycles. The summed E-state index contributed by atoms with van der Waals surface area (Å²) in [5, 5.41) is 15.7. The lowest BCUT2D eigenvalue weighted by Crippen LogP contribution is -2.38. The Bertz CT molecular complexity index is 321. The molecule has 2 unspecified atom stereocenters. The van der Waals surface area contributed by atoms with E-state index in [0.29, 0.717) is 6.04 Å². The van der Waals surface area contributed by atoms with Crippen LogP contribution in [0.1, 0.15) is 19.2 Å². The summed E-state index contributed by atoms with van der Waals surface area (Å²) in [4.78, 5) is 1.53. The van der Waals surface area contributed by atoms with E-state index in [9.17, 15) is 0 Å². The zero-order valence-corrected chi connectivity index (χ0v) is 10.7. The fourth-order valence-corrected chi connectivity index (χ4v) is 3.48. The topological polar surface area (TPSA) is 55.6 Å². The highest BCUT2D eigenvalue weighted by Crippen LogP contribution is 2.27. The van der Waals surface area contributed by atoms with Crippen LogP contribution in [0.3, 0.4) is 0 Å². The number of nitrogens with one attached hydrogen (secondary N) is 1. The maximum absolute atomic E-state index is 4.25. The lowest BCUT2D eigenvalue weighted by Gasteiger charge is -2.22. The molecule has 1 aliphatic rings. The van der Waals surface area contributed by atoms with Crippen molar-refractivity contribution >= 4 is 11.8 Å². The molecule has 2 atom stereocenters. The van der Waals surface area contributed by atoms with Crippen molar-refractivity contribution in [3.8, 4) is 0 Å². The fourth-order valence-electron chi connectivity index (χ4n) is 2.14. The predicted octanol–water partition coefficient (Wildman–Crippen LogP) is 0.484. The predicted molar refractivity (Wildman–Crippen MR) is 65.4 cm³/mol. The number of rotatable bonds is 5. The molecule has 0 saturated carbocycles. The normalized spacial score (nSPS) is 22.5. The quantitative estimate of drug-likeness (QED) is 0.813. The number of likely N-dealkylation sites (N-methyl/N-ethyl adjacent to an activating group) is 1. The van der Waals surface area contributed by atoms with Gasteiger partial charge in [0, 0.05) is 12.5 Å². The Kier molecular flexibility index (Phi) is 4.17. The van der Waals surface area contributed by atoms with Gasteiger partial charge in [-0.05, 0) is 35.6 Å². The molecular weight excluding hydrogens is 222 g/mol. The smallest absolute Gasteiger partial charge is 0.176 e. The molecule has 6 heteroatoms. The van der Waals surface area contributed by atoms with Crippen LogP contribution < -0.4 is 5.32 Å². The first-order chi connectivity index (χ1) is 7.79. The van der Waals surface area contributed by atoms with Crippen molar-refractivity contribution in [1.82, 2.24) is 25.5 Å². The number of aryl methyl sites for hydroxylation is 1. The van der Waals surface area contributed by atoms with Gasteiger partial charge >= 0.3 is 0 Å². The van der Waals surface area contributed by atoms with Gasteiger partial charge < -0.3 is 5.32 Å². The van der Waals surface area contributed by atoms with Crippen molar-refractivity contribution in [2.45, 2.75) is 25.8 Å². The van der Waals surface area contributed by atoms with Gasteiger partial charge in [-0.15, -0.1) is 10.2 Å². The van der Waals surface area contributed by atoms with Crippen LogP contribution in [0.15, 0.2) is 0 Å². The van der Waals surface area contributed by atoms with Gasteiger partial charge in [-0.3, -0.25) is 0 Å². The second-order valence-corrected chi connectivity index (χ2v) is 5.34. The van der Waals surface area contributed by atoms with Crippen LogP contribution in [0.25, 0.3) is 0 Å². The van der Waals surface area contributed by atoms with Crippen molar-refractivity contribution in [2.75, 3.05) is 18.1 Å². The summed E-state index contributed by atoms with van der Waals surface area (Å²) < 4.78 is 0. The Labute approximate surface area is 100 Å². The zero-order chi connectivity index (χ0) is 11.4. The minimum Gasteiger partial charge on any atom is -0.313 e. The van der Waals surface area contributed by atoms with E-state index < -0.39 is 0 Å². The first-order valence-corrected chi connectivity index (χ1v) is 6.99. The van der Waals surface area contributed by atoms with Crippen molar-refractivity contribution < 1.29 is 0 Å². The first-order valence-electron chi connectivity index (χ1n) is 5.83. The van der Waals surface area contributed by atoms with Gasteiger partial charge in [-0.2, -0.15) is 16.6 Å². The number of hydrogen-bond donors (Lipinski definition) is 1. The van der Waals surface area contributed by atoms with Gasteiger partial charge in [-0.1, -0.05) is 6.92 Å². The molecule has 5 nitrogen and oxygen atoms in total. The third-order valence-corrected chi connectivity index (χ3v) is 4.14. The molecule has 16 heavy (non-hydrogen) atoms. The molecule has 0 radical (unpaired) electrons. The largest absolute Gasteiger partial charge is 0.313 e. The van der Waals surface area contributed by atoms with Gasteiger partial charge in [0.15, 0.2) is 5.82 Å². The third kappa shape index (κ3) is 2.95. The van der Waals surface area contributed by atoms with E-state index in [1.807, 2.05) is 7.05 Å². The van der Waals surface area contributed by atoms with Crippen LogP contribution in [0.2, 0.25) is 0 Å². The molecule has 0 spiro atoms. The van der Waals surface area contributed by atoms with Crippen LogP contribution in [0.4, 0.5) is 0 Å². The summed E-state index contributed by atoms with van der Waals surface area (Å²) in [6.07, 6.45) is 2.20. The van der Waals surface area contributed by atoms with Crippen LogP contribution in [0, 0.1) is 5.92 Å². The van der Waals surface area contributed by atoms with E-state index in [0.717, 1.165) is 24.7 Å². The van der Waals surface area contributed by atoms with Gasteiger partial charge in [0.25, 0.3) is 0 Å². The summed E-state index contributed by atoms with van der Waals surface area (Å²) >= 11 is 2.05. The first kappa shape index (κ1) is 11.9. The zero-order valence-electron chi connectivity index (χ0n) is 9.89. The standard InChI is InChI=1S/C10H19N5S/c1-3-11-9(8-4-5-16-7-8)6-10-12-14-15(2)13-10/h8-9,11H,3-7H2,1-2H3. The lowest BCUT2D eigenvalue weighted by atomic mass is 9.96. The second kappa shape index (κ2) is 5.63. The highest BCUT2D eigenvalue weighted by molar-refractivity contribution is 7.99. The van der Waals surface area contributed by atoms with Gasteiger partial charge in [0.1, 0.15) is 0 Å². The molecule has 0 bridgehead atoms. The SMILES string of the molecule is CCNC(Cc1nnn(C)n1)C1CCSC1. The van der Waals surface area contributed by atoms with E-state index in [1.54, 1.807) is 0 Å². The Morgan fingerprint density at radius 1 is 1.62 bits per heavy atom. The Morgan fingerprint density at radius 3 is 3.06 bits per heavy atom. The van der Waals surface area contributed by atoms with E-state index in [1.165, 1.54) is 22.7 Å². The maximum Gasteiger partial charge on any atom is 0.176 e. The van der Waals surface area contributed by atoms with Crippen LogP contribution in [0.5, 0.6) is 0 Å². The van der Waals surface area contributed by atoms with Crippen LogP contribution in [-0.2, 0) is 13.5 Å². The van der Waals surface area contributed by atoms with Crippen molar-refractivity contribution in [3.63, 3.8) is 0 Å². The molecule has 1 aromatic rings. The summed E-state index contributed by atoms with van der Waals surface area (Å²) in [7, 11) is 1.81. The average Bonchev–Trinajstić information content (AvgIpc) is 2.88. The van der Waals surface area contributed by atoms with Crippen LogP contribution >= 0.6 is 11.8 Å². The fraction of sp³-hybridized carbons (Fsp3) is 0.900. The average molecular weight is 241 g/mol. The number of thioether (sulfide) groups is 1. The summed E-state index contributed by atoms with van der Waals surface area (Å²) in [5.41, 5.74) is 0.